The van der Waals surface area contributed by atoms with Crippen LogP contribution < -0.4 is 0 Å². The molecular weight excluding hydrogens is 393 g/mol. The van der Waals surface area contributed by atoms with Crippen molar-refractivity contribution in [1.82, 2.24) is 14.5 Å². The van der Waals surface area contributed by atoms with Crippen molar-refractivity contribution in [3.63, 3.8) is 0 Å². The summed E-state index contributed by atoms with van der Waals surface area (Å²) in [5.74, 6) is 0.755. The Morgan fingerprint density at radius 2 is 1.68 bits per heavy atom. The van der Waals surface area contributed by atoms with Gasteiger partial charge in [0.25, 0.3) is 0 Å². The average molecular weight is 416 g/mol. The summed E-state index contributed by atoms with van der Waals surface area (Å²) in [5.41, 5.74) is 2.89. The summed E-state index contributed by atoms with van der Waals surface area (Å²) < 4.78 is 15.5. The predicted molar refractivity (Wildman–Crippen MR) is 115 cm³/mol. The van der Waals surface area contributed by atoms with Crippen LogP contribution in [0, 0.1) is 5.82 Å². The summed E-state index contributed by atoms with van der Waals surface area (Å²) in [5, 5.41) is 1.64. The highest BCUT2D eigenvalue weighted by Crippen LogP contribution is 2.30. The highest BCUT2D eigenvalue weighted by atomic mass is 35.5. The third-order valence-electron chi connectivity index (χ3n) is 5.04. The Morgan fingerprint density at radius 3 is 2.39 bits per heavy atom. The van der Waals surface area contributed by atoms with Crippen LogP contribution in [-0.4, -0.2) is 39.8 Å². The maximum atomic E-state index is 13.4. The Balaban J connectivity index is 1.60. The maximum Gasteiger partial charge on any atom is 0.173 e. The van der Waals surface area contributed by atoms with Crippen LogP contribution in [0.15, 0.2) is 59.9 Å². The van der Waals surface area contributed by atoms with Crippen molar-refractivity contribution in [3.8, 4) is 16.9 Å². The quantitative estimate of drug-likeness (QED) is 0.467. The number of benzene rings is 2. The first-order valence-corrected chi connectivity index (χ1v) is 11.0. The van der Waals surface area contributed by atoms with Crippen LogP contribution in [-0.2, 0) is 0 Å². The van der Waals surface area contributed by atoms with Crippen LogP contribution in [0.25, 0.3) is 16.9 Å². The molecule has 1 fully saturated rings. The molecule has 2 aromatic carbocycles. The lowest BCUT2D eigenvalue weighted by Crippen LogP contribution is -2.31. The fraction of sp³-hybridized carbons (Fsp3) is 0.318. The standard InChI is InChI=1S/C22H23ClFN3S/c23-18-6-10-20(11-7-18)27-21(17-4-8-19(24)9-5-17)16-25-22(27)28-15-14-26-12-2-1-3-13-26/h4-11,16H,1-3,12-15H2. The van der Waals surface area contributed by atoms with Gasteiger partial charge in [0.05, 0.1) is 11.9 Å². The molecule has 1 aliphatic rings. The predicted octanol–water partition coefficient (Wildman–Crippen LogP) is 5.91. The number of aromatic nitrogens is 2. The average Bonchev–Trinajstić information content (AvgIpc) is 3.14. The van der Waals surface area contributed by atoms with Gasteiger partial charge in [-0.25, -0.2) is 9.37 Å². The molecule has 2 heterocycles. The van der Waals surface area contributed by atoms with Gasteiger partial charge in [0.15, 0.2) is 5.16 Å². The first-order chi connectivity index (χ1) is 13.7. The number of piperidine rings is 1. The molecule has 3 aromatic rings. The van der Waals surface area contributed by atoms with E-state index in [2.05, 4.69) is 14.5 Å². The van der Waals surface area contributed by atoms with Crippen molar-refractivity contribution in [2.45, 2.75) is 24.4 Å². The van der Waals surface area contributed by atoms with Crippen LogP contribution in [0.3, 0.4) is 0 Å². The zero-order chi connectivity index (χ0) is 19.3. The lowest BCUT2D eigenvalue weighted by atomic mass is 10.1. The second-order valence-corrected chi connectivity index (χ2v) is 8.49. The molecule has 1 aliphatic heterocycles. The van der Waals surface area contributed by atoms with Crippen molar-refractivity contribution in [2.75, 3.05) is 25.4 Å². The van der Waals surface area contributed by atoms with Crippen LogP contribution in [0.2, 0.25) is 5.02 Å². The highest BCUT2D eigenvalue weighted by molar-refractivity contribution is 7.99. The highest BCUT2D eigenvalue weighted by Gasteiger charge is 2.16. The molecular formula is C22H23ClFN3S. The monoisotopic (exact) mass is 415 g/mol. The van der Waals surface area contributed by atoms with Gasteiger partial charge in [0.1, 0.15) is 5.82 Å². The number of halogens is 2. The van der Waals surface area contributed by atoms with Gasteiger partial charge in [0.2, 0.25) is 0 Å². The SMILES string of the molecule is Fc1ccc(-c2cnc(SCCN3CCCCC3)n2-c2ccc(Cl)cc2)cc1. The summed E-state index contributed by atoms with van der Waals surface area (Å²) in [6, 6.07) is 14.3. The molecule has 0 amide bonds. The van der Waals surface area contributed by atoms with E-state index in [0.717, 1.165) is 34.4 Å². The molecule has 0 bridgehead atoms. The molecule has 4 rings (SSSR count). The summed E-state index contributed by atoms with van der Waals surface area (Å²) >= 11 is 7.84. The maximum absolute atomic E-state index is 13.4. The normalized spacial score (nSPS) is 15.1. The molecule has 0 radical (unpaired) electrons. The van der Waals surface area contributed by atoms with E-state index in [9.17, 15) is 4.39 Å². The minimum Gasteiger partial charge on any atom is -0.303 e. The molecule has 0 saturated carbocycles. The summed E-state index contributed by atoms with van der Waals surface area (Å²) in [6.45, 7) is 3.48. The lowest BCUT2D eigenvalue weighted by Gasteiger charge is -2.26. The second kappa shape index (κ2) is 9.12. The number of imidazole rings is 1. The molecule has 0 atom stereocenters. The van der Waals surface area contributed by atoms with Crippen molar-refractivity contribution in [3.05, 3.63) is 65.6 Å². The van der Waals surface area contributed by atoms with E-state index in [1.807, 2.05) is 30.5 Å². The fourth-order valence-electron chi connectivity index (χ4n) is 3.55. The molecule has 146 valence electrons. The zero-order valence-corrected chi connectivity index (χ0v) is 17.2. The van der Waals surface area contributed by atoms with E-state index in [1.54, 1.807) is 23.9 Å². The van der Waals surface area contributed by atoms with E-state index >= 15 is 0 Å². The van der Waals surface area contributed by atoms with Crippen LogP contribution >= 0.6 is 23.4 Å². The van der Waals surface area contributed by atoms with Crippen LogP contribution in [0.1, 0.15) is 19.3 Å². The number of hydrogen-bond acceptors (Lipinski definition) is 3. The molecule has 28 heavy (non-hydrogen) atoms. The van der Waals surface area contributed by atoms with Crippen molar-refractivity contribution in [1.29, 1.82) is 0 Å². The Bertz CT molecular complexity index is 903. The van der Waals surface area contributed by atoms with Gasteiger partial charge in [-0.15, -0.1) is 0 Å². The first kappa shape index (κ1) is 19.5. The summed E-state index contributed by atoms with van der Waals surface area (Å²) in [6.07, 6.45) is 5.83. The number of likely N-dealkylation sites (tertiary alicyclic amines) is 1. The zero-order valence-electron chi connectivity index (χ0n) is 15.7. The van der Waals surface area contributed by atoms with Gasteiger partial charge >= 0.3 is 0 Å². The minimum absolute atomic E-state index is 0.238. The lowest BCUT2D eigenvalue weighted by molar-refractivity contribution is 0.242. The van der Waals surface area contributed by atoms with Gasteiger partial charge in [0, 0.05) is 28.6 Å². The Labute approximate surface area is 174 Å². The largest absolute Gasteiger partial charge is 0.303 e. The van der Waals surface area contributed by atoms with Gasteiger partial charge in [-0.05, 0) is 74.5 Å². The van der Waals surface area contributed by atoms with Gasteiger partial charge < -0.3 is 4.90 Å². The molecule has 0 spiro atoms. The fourth-order valence-corrected chi connectivity index (χ4v) is 4.67. The summed E-state index contributed by atoms with van der Waals surface area (Å²) in [7, 11) is 0. The smallest absolute Gasteiger partial charge is 0.173 e. The Hall–Kier alpha value is -1.82. The topological polar surface area (TPSA) is 21.1 Å². The van der Waals surface area contributed by atoms with E-state index < -0.39 is 0 Å². The van der Waals surface area contributed by atoms with E-state index in [-0.39, 0.29) is 5.82 Å². The Morgan fingerprint density at radius 1 is 0.964 bits per heavy atom. The van der Waals surface area contributed by atoms with Crippen molar-refractivity contribution < 1.29 is 4.39 Å². The van der Waals surface area contributed by atoms with E-state index in [1.165, 1.54) is 44.5 Å². The number of rotatable bonds is 6. The van der Waals surface area contributed by atoms with Crippen LogP contribution in [0.4, 0.5) is 4.39 Å². The van der Waals surface area contributed by atoms with Crippen LogP contribution in [0.5, 0.6) is 0 Å². The first-order valence-electron chi connectivity index (χ1n) is 9.65. The Kier molecular flexibility index (Phi) is 6.35. The van der Waals surface area contributed by atoms with E-state index in [4.69, 9.17) is 11.6 Å². The minimum atomic E-state index is -0.238. The number of nitrogens with zero attached hydrogens (tertiary/aromatic N) is 3. The molecule has 1 saturated heterocycles. The third kappa shape index (κ3) is 4.59. The molecule has 3 nitrogen and oxygen atoms in total. The number of thioether (sulfide) groups is 1. The van der Waals surface area contributed by atoms with Gasteiger partial charge in [-0.1, -0.05) is 29.8 Å². The van der Waals surface area contributed by atoms with E-state index in [0.29, 0.717) is 5.02 Å². The third-order valence-corrected chi connectivity index (χ3v) is 6.23. The molecule has 0 unspecified atom stereocenters. The number of hydrogen-bond donors (Lipinski definition) is 0. The van der Waals surface area contributed by atoms with Crippen molar-refractivity contribution >= 4 is 23.4 Å². The second-order valence-electron chi connectivity index (χ2n) is 7.00. The molecule has 0 aliphatic carbocycles. The summed E-state index contributed by atoms with van der Waals surface area (Å²) in [4.78, 5) is 7.21. The molecule has 0 N–H and O–H groups in total. The molecule has 1 aromatic heterocycles. The van der Waals surface area contributed by atoms with Gasteiger partial charge in [-0.3, -0.25) is 4.57 Å². The molecule has 6 heteroatoms. The van der Waals surface area contributed by atoms with Crippen molar-refractivity contribution in [2.24, 2.45) is 0 Å². The van der Waals surface area contributed by atoms with Gasteiger partial charge in [-0.2, -0.15) is 0 Å².